The lowest BCUT2D eigenvalue weighted by atomic mass is 10.1. The number of rotatable bonds is 2. The van der Waals surface area contributed by atoms with E-state index in [4.69, 9.17) is 5.73 Å². The lowest BCUT2D eigenvalue weighted by molar-refractivity contribution is 0.268. The minimum Gasteiger partial charge on any atom is -0.351 e. The number of piperazine rings is 1. The molecule has 0 aromatic carbocycles. The highest BCUT2D eigenvalue weighted by molar-refractivity contribution is 5.52. The van der Waals surface area contributed by atoms with Gasteiger partial charge in [0.15, 0.2) is 0 Å². The molecule has 0 spiro atoms. The molecule has 1 unspecified atom stereocenters. The lowest BCUT2D eigenvalue weighted by Crippen LogP contribution is -2.55. The molecule has 18 heavy (non-hydrogen) atoms. The van der Waals surface area contributed by atoms with Crippen LogP contribution < -0.4 is 10.6 Å². The van der Waals surface area contributed by atoms with Crippen molar-refractivity contribution in [2.45, 2.75) is 6.04 Å². The third-order valence-electron chi connectivity index (χ3n) is 3.66. The van der Waals surface area contributed by atoms with Crippen LogP contribution in [0.2, 0.25) is 0 Å². The van der Waals surface area contributed by atoms with Gasteiger partial charge in [0.2, 0.25) is 0 Å². The van der Waals surface area contributed by atoms with Crippen molar-refractivity contribution in [1.29, 1.82) is 0 Å². The molecule has 3 heterocycles. The molecule has 5 heteroatoms. The number of likely N-dealkylation sites (N-methyl/N-ethyl adjacent to an activating group) is 1. The summed E-state index contributed by atoms with van der Waals surface area (Å²) in [5.74, 6) is 1.19. The summed E-state index contributed by atoms with van der Waals surface area (Å²) in [5, 5.41) is 0. The van der Waals surface area contributed by atoms with Gasteiger partial charge in [0.1, 0.15) is 11.5 Å². The fourth-order valence-corrected chi connectivity index (χ4v) is 2.68. The van der Waals surface area contributed by atoms with Crippen LogP contribution in [0, 0.1) is 0 Å². The molecular weight excluding hydrogens is 226 g/mol. The molecule has 5 nitrogen and oxygen atoms in total. The fourth-order valence-electron chi connectivity index (χ4n) is 2.68. The number of aromatic nitrogens is 2. The van der Waals surface area contributed by atoms with Gasteiger partial charge in [-0.3, -0.25) is 4.40 Å². The van der Waals surface area contributed by atoms with Gasteiger partial charge in [-0.2, -0.15) is 0 Å². The maximum absolute atomic E-state index is 5.92. The van der Waals surface area contributed by atoms with Crippen molar-refractivity contribution >= 4 is 11.5 Å². The van der Waals surface area contributed by atoms with Crippen LogP contribution >= 0.6 is 0 Å². The number of fused-ring (bicyclic) bond motifs is 1. The highest BCUT2D eigenvalue weighted by atomic mass is 15.3. The molecule has 2 aromatic heterocycles. The van der Waals surface area contributed by atoms with Crippen molar-refractivity contribution in [2.24, 2.45) is 5.73 Å². The van der Waals surface area contributed by atoms with Crippen molar-refractivity contribution in [1.82, 2.24) is 14.3 Å². The Labute approximate surface area is 107 Å². The van der Waals surface area contributed by atoms with Gasteiger partial charge in [-0.25, -0.2) is 4.98 Å². The summed E-state index contributed by atoms with van der Waals surface area (Å²) in [7, 11) is 2.15. The van der Waals surface area contributed by atoms with Gasteiger partial charge >= 0.3 is 0 Å². The second kappa shape index (κ2) is 4.59. The Hall–Kier alpha value is -1.59. The smallest absolute Gasteiger partial charge is 0.138 e. The predicted octanol–water partition coefficient (Wildman–Crippen LogP) is 0.413. The Morgan fingerprint density at radius 1 is 1.39 bits per heavy atom. The maximum atomic E-state index is 5.92. The molecule has 2 N–H and O–H groups in total. The second-order valence-corrected chi connectivity index (χ2v) is 4.88. The number of hydrogen-bond acceptors (Lipinski definition) is 4. The summed E-state index contributed by atoms with van der Waals surface area (Å²) in [5.41, 5.74) is 6.91. The Balaban J connectivity index is 2.00. The zero-order valence-electron chi connectivity index (χ0n) is 10.7. The van der Waals surface area contributed by atoms with Gasteiger partial charge in [0, 0.05) is 38.6 Å². The molecule has 2 aromatic rings. The van der Waals surface area contributed by atoms with Crippen LogP contribution in [0.25, 0.3) is 5.65 Å². The predicted molar refractivity (Wildman–Crippen MR) is 72.9 cm³/mol. The summed E-state index contributed by atoms with van der Waals surface area (Å²) in [6.07, 6.45) is 3.85. The highest BCUT2D eigenvalue weighted by Gasteiger charge is 2.25. The van der Waals surface area contributed by atoms with Crippen LogP contribution in [0.4, 0.5) is 5.82 Å². The Morgan fingerprint density at radius 2 is 2.28 bits per heavy atom. The van der Waals surface area contributed by atoms with E-state index in [2.05, 4.69) is 38.4 Å². The summed E-state index contributed by atoms with van der Waals surface area (Å²) >= 11 is 0. The molecule has 0 aliphatic carbocycles. The summed E-state index contributed by atoms with van der Waals surface area (Å²) in [6.45, 7) is 3.77. The first-order valence-corrected chi connectivity index (χ1v) is 6.37. The Morgan fingerprint density at radius 3 is 3.11 bits per heavy atom. The molecule has 0 bridgehead atoms. The standard InChI is InChI=1S/C13H19N5/c1-16-7-8-17(11(9-14)10-16)13-4-2-3-12-15-5-6-18(12)13/h2-6,11H,7-10,14H2,1H3. The van der Waals surface area contributed by atoms with E-state index >= 15 is 0 Å². The molecule has 0 radical (unpaired) electrons. The monoisotopic (exact) mass is 245 g/mol. The number of anilines is 1. The molecule has 0 amide bonds. The Bertz CT molecular complexity index is 535. The van der Waals surface area contributed by atoms with Crippen LogP contribution in [-0.2, 0) is 0 Å². The summed E-state index contributed by atoms with van der Waals surface area (Å²) in [6, 6.07) is 6.60. The van der Waals surface area contributed by atoms with Crippen LogP contribution in [0.1, 0.15) is 0 Å². The van der Waals surface area contributed by atoms with Gasteiger partial charge in [0.25, 0.3) is 0 Å². The fraction of sp³-hybridized carbons (Fsp3) is 0.462. The van der Waals surface area contributed by atoms with Crippen LogP contribution in [0.3, 0.4) is 0 Å². The van der Waals surface area contributed by atoms with Crippen LogP contribution in [-0.4, -0.2) is 53.6 Å². The average molecular weight is 245 g/mol. The second-order valence-electron chi connectivity index (χ2n) is 4.88. The number of imidazole rings is 1. The van der Waals surface area contributed by atoms with E-state index in [1.807, 2.05) is 18.5 Å². The van der Waals surface area contributed by atoms with Gasteiger partial charge in [-0.15, -0.1) is 0 Å². The van der Waals surface area contributed by atoms with Crippen molar-refractivity contribution in [3.63, 3.8) is 0 Å². The van der Waals surface area contributed by atoms with E-state index in [-0.39, 0.29) is 0 Å². The maximum Gasteiger partial charge on any atom is 0.138 e. The van der Waals surface area contributed by atoms with E-state index in [1.165, 1.54) is 5.82 Å². The molecular formula is C13H19N5. The van der Waals surface area contributed by atoms with Crippen LogP contribution in [0.15, 0.2) is 30.6 Å². The molecule has 96 valence electrons. The topological polar surface area (TPSA) is 49.8 Å². The van der Waals surface area contributed by atoms with E-state index in [0.717, 1.165) is 25.3 Å². The van der Waals surface area contributed by atoms with E-state index in [1.54, 1.807) is 0 Å². The molecule has 1 saturated heterocycles. The molecule has 1 fully saturated rings. The zero-order chi connectivity index (χ0) is 12.5. The van der Waals surface area contributed by atoms with E-state index in [0.29, 0.717) is 12.6 Å². The first kappa shape index (κ1) is 11.5. The molecule has 1 atom stereocenters. The average Bonchev–Trinajstić information content (AvgIpc) is 2.86. The first-order valence-electron chi connectivity index (χ1n) is 6.37. The van der Waals surface area contributed by atoms with Crippen molar-refractivity contribution < 1.29 is 0 Å². The van der Waals surface area contributed by atoms with Gasteiger partial charge in [0.05, 0.1) is 6.04 Å². The number of nitrogens with two attached hydrogens (primary N) is 1. The summed E-state index contributed by atoms with van der Waals surface area (Å²) in [4.78, 5) is 9.07. The minimum absolute atomic E-state index is 0.372. The molecule has 3 rings (SSSR count). The number of nitrogens with zero attached hydrogens (tertiary/aromatic N) is 4. The molecule has 1 aliphatic heterocycles. The third-order valence-corrected chi connectivity index (χ3v) is 3.66. The summed E-state index contributed by atoms with van der Waals surface area (Å²) < 4.78 is 2.13. The van der Waals surface area contributed by atoms with Gasteiger partial charge < -0.3 is 15.5 Å². The van der Waals surface area contributed by atoms with Crippen LogP contribution in [0.5, 0.6) is 0 Å². The molecule has 1 aliphatic rings. The zero-order valence-corrected chi connectivity index (χ0v) is 10.7. The largest absolute Gasteiger partial charge is 0.351 e. The van der Waals surface area contributed by atoms with Crippen molar-refractivity contribution in [3.8, 4) is 0 Å². The Kier molecular flexibility index (Phi) is 2.93. The van der Waals surface area contributed by atoms with Gasteiger partial charge in [-0.05, 0) is 19.2 Å². The van der Waals surface area contributed by atoms with E-state index in [9.17, 15) is 0 Å². The van der Waals surface area contributed by atoms with Crippen molar-refractivity contribution in [3.05, 3.63) is 30.6 Å². The lowest BCUT2D eigenvalue weighted by Gasteiger charge is -2.41. The number of pyridine rings is 1. The van der Waals surface area contributed by atoms with E-state index < -0.39 is 0 Å². The molecule has 0 saturated carbocycles. The van der Waals surface area contributed by atoms with Crippen molar-refractivity contribution in [2.75, 3.05) is 38.1 Å². The first-order chi connectivity index (χ1) is 8.79. The minimum atomic E-state index is 0.372. The highest BCUT2D eigenvalue weighted by Crippen LogP contribution is 2.21. The SMILES string of the molecule is CN1CCN(c2cccc3nccn23)C(CN)C1. The quantitative estimate of drug-likeness (QED) is 0.833. The number of hydrogen-bond donors (Lipinski definition) is 1. The normalized spacial score (nSPS) is 21.7. The third kappa shape index (κ3) is 1.85. The van der Waals surface area contributed by atoms with Gasteiger partial charge in [-0.1, -0.05) is 6.07 Å².